The van der Waals surface area contributed by atoms with Crippen molar-refractivity contribution in [3.63, 3.8) is 0 Å². The maximum absolute atomic E-state index is 12.5. The molecule has 2 rings (SSSR count). The molecule has 0 saturated carbocycles. The lowest BCUT2D eigenvalue weighted by Crippen LogP contribution is -2.52. The average molecular weight is 268 g/mol. The van der Waals surface area contributed by atoms with Crippen LogP contribution in [0.2, 0.25) is 0 Å². The fourth-order valence-electron chi connectivity index (χ4n) is 3.16. The van der Waals surface area contributed by atoms with Crippen LogP contribution in [0.3, 0.4) is 0 Å². The molecule has 1 N–H and O–H groups in total. The van der Waals surface area contributed by atoms with Crippen LogP contribution in [-0.4, -0.2) is 52.6 Å². The number of piperidine rings is 1. The van der Waals surface area contributed by atoms with Crippen LogP contribution in [0.25, 0.3) is 0 Å². The van der Waals surface area contributed by atoms with Crippen molar-refractivity contribution in [1.82, 2.24) is 9.80 Å². The van der Waals surface area contributed by atoms with Crippen molar-refractivity contribution < 1.29 is 14.7 Å². The van der Waals surface area contributed by atoms with Crippen LogP contribution in [0.4, 0.5) is 4.79 Å². The third kappa shape index (κ3) is 2.69. The smallest absolute Gasteiger partial charge is 0.326 e. The highest BCUT2D eigenvalue weighted by atomic mass is 16.4. The van der Waals surface area contributed by atoms with Gasteiger partial charge in [0.05, 0.1) is 0 Å². The van der Waals surface area contributed by atoms with Gasteiger partial charge in [-0.25, -0.2) is 9.59 Å². The number of rotatable bonds is 1. The largest absolute Gasteiger partial charge is 0.480 e. The van der Waals surface area contributed by atoms with Gasteiger partial charge in [-0.3, -0.25) is 0 Å². The zero-order valence-electron chi connectivity index (χ0n) is 12.0. The molecule has 4 atom stereocenters. The molecule has 0 aliphatic carbocycles. The molecule has 19 heavy (non-hydrogen) atoms. The summed E-state index contributed by atoms with van der Waals surface area (Å²) >= 11 is 0. The van der Waals surface area contributed by atoms with Crippen LogP contribution < -0.4 is 0 Å². The first-order chi connectivity index (χ1) is 8.91. The molecular weight excluding hydrogens is 244 g/mol. The number of carboxylic acid groups (broad SMARTS) is 1. The number of aliphatic carboxylic acids is 1. The van der Waals surface area contributed by atoms with Crippen molar-refractivity contribution >= 4 is 12.0 Å². The van der Waals surface area contributed by atoms with Gasteiger partial charge in [0.15, 0.2) is 0 Å². The zero-order chi connectivity index (χ0) is 14.2. The molecule has 2 saturated heterocycles. The third-order valence-corrected chi connectivity index (χ3v) is 4.80. The number of likely N-dealkylation sites (tertiary alicyclic amines) is 2. The van der Waals surface area contributed by atoms with Gasteiger partial charge in [-0.05, 0) is 30.6 Å². The molecule has 0 aromatic carbocycles. The fraction of sp³-hybridized carbons (Fsp3) is 0.857. The summed E-state index contributed by atoms with van der Waals surface area (Å²) in [6, 6.07) is -0.738. The minimum absolute atomic E-state index is 0.0441. The van der Waals surface area contributed by atoms with Gasteiger partial charge in [0.1, 0.15) is 6.04 Å². The van der Waals surface area contributed by atoms with Crippen LogP contribution in [0.5, 0.6) is 0 Å². The molecule has 5 nitrogen and oxygen atoms in total. The maximum Gasteiger partial charge on any atom is 0.326 e. The molecule has 5 heteroatoms. The number of urea groups is 1. The van der Waals surface area contributed by atoms with Gasteiger partial charge in [-0.15, -0.1) is 0 Å². The average Bonchev–Trinajstić information content (AvgIpc) is 2.74. The van der Waals surface area contributed by atoms with E-state index in [1.807, 2.05) is 11.8 Å². The van der Waals surface area contributed by atoms with Crippen LogP contribution >= 0.6 is 0 Å². The van der Waals surface area contributed by atoms with Gasteiger partial charge < -0.3 is 14.9 Å². The van der Waals surface area contributed by atoms with Crippen molar-refractivity contribution in [3.8, 4) is 0 Å². The van der Waals surface area contributed by atoms with E-state index in [9.17, 15) is 14.7 Å². The van der Waals surface area contributed by atoms with E-state index >= 15 is 0 Å². The number of carbonyl (C=O) groups excluding carboxylic acids is 1. The second kappa shape index (κ2) is 5.39. The molecule has 2 fully saturated rings. The minimum Gasteiger partial charge on any atom is -0.480 e. The SMILES string of the molecule is CC1CCN(C(=O)N2CCC(C)C2C(=O)O)CC1C. The van der Waals surface area contributed by atoms with Crippen molar-refractivity contribution in [2.24, 2.45) is 17.8 Å². The Morgan fingerprint density at radius 3 is 2.21 bits per heavy atom. The molecule has 2 amide bonds. The molecule has 4 unspecified atom stereocenters. The number of carbonyl (C=O) groups is 2. The second-order valence-corrected chi connectivity index (χ2v) is 6.21. The van der Waals surface area contributed by atoms with E-state index in [1.165, 1.54) is 0 Å². The number of hydrogen-bond acceptors (Lipinski definition) is 2. The minimum atomic E-state index is -0.878. The third-order valence-electron chi connectivity index (χ3n) is 4.80. The van der Waals surface area contributed by atoms with Gasteiger partial charge >= 0.3 is 12.0 Å². The zero-order valence-corrected chi connectivity index (χ0v) is 12.0. The predicted molar refractivity (Wildman–Crippen MR) is 71.8 cm³/mol. The highest BCUT2D eigenvalue weighted by Crippen LogP contribution is 2.28. The van der Waals surface area contributed by atoms with E-state index in [2.05, 4.69) is 13.8 Å². The second-order valence-electron chi connectivity index (χ2n) is 6.21. The Kier molecular flexibility index (Phi) is 4.02. The molecule has 0 aromatic rings. The Morgan fingerprint density at radius 1 is 1.00 bits per heavy atom. The Balaban J connectivity index is 2.05. The van der Waals surface area contributed by atoms with Crippen LogP contribution in [0.15, 0.2) is 0 Å². The lowest BCUT2D eigenvalue weighted by atomic mass is 9.89. The summed E-state index contributed by atoms with van der Waals surface area (Å²) in [5, 5.41) is 9.28. The lowest BCUT2D eigenvalue weighted by molar-refractivity contribution is -0.142. The Labute approximate surface area is 114 Å². The number of nitrogens with zero attached hydrogens (tertiary/aromatic N) is 2. The lowest BCUT2D eigenvalue weighted by Gasteiger charge is -2.38. The fourth-order valence-corrected chi connectivity index (χ4v) is 3.16. The Morgan fingerprint density at radius 2 is 1.63 bits per heavy atom. The quantitative estimate of drug-likeness (QED) is 0.790. The first-order valence-corrected chi connectivity index (χ1v) is 7.20. The summed E-state index contributed by atoms with van der Waals surface area (Å²) < 4.78 is 0. The van der Waals surface area contributed by atoms with Gasteiger partial charge in [0, 0.05) is 19.6 Å². The summed E-state index contributed by atoms with van der Waals surface area (Å²) in [5.41, 5.74) is 0. The molecule has 2 aliphatic heterocycles. The van der Waals surface area contributed by atoms with Crippen molar-refractivity contribution in [1.29, 1.82) is 0 Å². The summed E-state index contributed by atoms with van der Waals surface area (Å²) in [6.07, 6.45) is 1.79. The van der Waals surface area contributed by atoms with Crippen LogP contribution in [-0.2, 0) is 4.79 Å². The standard InChI is InChI=1S/C14H24N2O3/c1-9-4-6-15(8-11(9)3)14(19)16-7-5-10(2)12(16)13(17)18/h9-12H,4-8H2,1-3H3,(H,17,18). The molecule has 2 aliphatic rings. The van der Waals surface area contributed by atoms with Crippen molar-refractivity contribution in [2.75, 3.05) is 19.6 Å². The van der Waals surface area contributed by atoms with Gasteiger partial charge in [-0.2, -0.15) is 0 Å². The Hall–Kier alpha value is -1.26. The highest BCUT2D eigenvalue weighted by molar-refractivity contribution is 5.83. The van der Waals surface area contributed by atoms with E-state index in [4.69, 9.17) is 0 Å². The van der Waals surface area contributed by atoms with Crippen molar-refractivity contribution in [3.05, 3.63) is 0 Å². The van der Waals surface area contributed by atoms with Crippen LogP contribution in [0, 0.1) is 17.8 Å². The molecule has 0 radical (unpaired) electrons. The monoisotopic (exact) mass is 268 g/mol. The predicted octanol–water partition coefficient (Wildman–Crippen LogP) is 1.88. The van der Waals surface area contributed by atoms with Gasteiger partial charge in [-0.1, -0.05) is 20.8 Å². The molecule has 0 aromatic heterocycles. The molecule has 2 heterocycles. The maximum atomic E-state index is 12.5. The summed E-state index contributed by atoms with van der Waals surface area (Å²) in [6.45, 7) is 8.35. The van der Waals surface area contributed by atoms with Crippen molar-refractivity contribution in [2.45, 2.75) is 39.7 Å². The highest BCUT2D eigenvalue weighted by Gasteiger charge is 2.41. The number of carboxylic acids is 1. The summed E-state index contributed by atoms with van der Waals surface area (Å²) in [4.78, 5) is 27.2. The first kappa shape index (κ1) is 14.2. The molecule has 0 bridgehead atoms. The van der Waals surface area contributed by atoms with E-state index in [0.717, 1.165) is 25.9 Å². The molecule has 0 spiro atoms. The number of hydrogen-bond donors (Lipinski definition) is 1. The summed E-state index contributed by atoms with van der Waals surface area (Å²) in [7, 11) is 0. The normalized spacial score (nSPS) is 35.5. The topological polar surface area (TPSA) is 60.9 Å². The van der Waals surface area contributed by atoms with Gasteiger partial charge in [0.25, 0.3) is 0 Å². The number of amides is 2. The first-order valence-electron chi connectivity index (χ1n) is 7.20. The molecular formula is C14H24N2O3. The van der Waals surface area contributed by atoms with E-state index in [-0.39, 0.29) is 11.9 Å². The van der Waals surface area contributed by atoms with E-state index in [0.29, 0.717) is 18.4 Å². The van der Waals surface area contributed by atoms with Crippen LogP contribution in [0.1, 0.15) is 33.6 Å². The van der Waals surface area contributed by atoms with Gasteiger partial charge in [0.2, 0.25) is 0 Å². The van der Waals surface area contributed by atoms with E-state index in [1.54, 1.807) is 4.90 Å². The van der Waals surface area contributed by atoms with E-state index < -0.39 is 12.0 Å². The summed E-state index contributed by atoms with van der Waals surface area (Å²) in [5.74, 6) is 0.289. The molecule has 108 valence electrons. The Bertz CT molecular complexity index is 372.